The summed E-state index contributed by atoms with van der Waals surface area (Å²) in [6, 6.07) is 7.28. The zero-order valence-corrected chi connectivity index (χ0v) is 8.39. The van der Waals surface area contributed by atoms with Crippen LogP contribution in [0.25, 0.3) is 0 Å². The molecule has 0 aliphatic carbocycles. The lowest BCUT2D eigenvalue weighted by Gasteiger charge is -2.10. The van der Waals surface area contributed by atoms with Gasteiger partial charge < -0.3 is 15.6 Å². The lowest BCUT2D eigenvalue weighted by Crippen LogP contribution is -2.15. The largest absolute Gasteiger partial charge is 0.476 e. The van der Waals surface area contributed by atoms with Crippen molar-refractivity contribution in [2.24, 2.45) is 10.7 Å². The van der Waals surface area contributed by atoms with Gasteiger partial charge in [-0.05, 0) is 17.7 Å². The molecule has 1 aromatic rings. The van der Waals surface area contributed by atoms with E-state index in [1.807, 2.05) is 24.3 Å². The van der Waals surface area contributed by atoms with Crippen molar-refractivity contribution < 1.29 is 9.84 Å². The van der Waals surface area contributed by atoms with E-state index >= 15 is 0 Å². The summed E-state index contributed by atoms with van der Waals surface area (Å²) >= 11 is 0. The molecule has 0 bridgehead atoms. The Morgan fingerprint density at radius 3 is 3.07 bits per heavy atom. The van der Waals surface area contributed by atoms with E-state index in [1.54, 1.807) is 0 Å². The van der Waals surface area contributed by atoms with Crippen LogP contribution in [0.1, 0.15) is 17.2 Å². The number of hydrogen-bond donors (Lipinski definition) is 2. The Balaban J connectivity index is 2.26. The minimum atomic E-state index is -0.341. The summed E-state index contributed by atoms with van der Waals surface area (Å²) < 4.78 is 5.35. The first-order valence-corrected chi connectivity index (χ1v) is 4.95. The second-order valence-corrected chi connectivity index (χ2v) is 3.45. The van der Waals surface area contributed by atoms with Gasteiger partial charge >= 0.3 is 0 Å². The van der Waals surface area contributed by atoms with Crippen molar-refractivity contribution in [2.45, 2.75) is 6.04 Å². The fraction of sp³-hybridized carbons (Fsp3) is 0.364. The van der Waals surface area contributed by atoms with Crippen LogP contribution in [-0.4, -0.2) is 30.8 Å². The number of aliphatic hydroxyl groups excluding tert-OH is 1. The summed E-state index contributed by atoms with van der Waals surface area (Å²) in [5, 5.41) is 8.96. The van der Waals surface area contributed by atoms with Gasteiger partial charge in [0.15, 0.2) is 0 Å². The average Bonchev–Trinajstić information content (AvgIpc) is 2.82. The summed E-state index contributed by atoms with van der Waals surface area (Å²) in [6.45, 7) is 1.30. The maximum Gasteiger partial charge on any atom is 0.216 e. The molecule has 0 saturated carbocycles. The van der Waals surface area contributed by atoms with Gasteiger partial charge in [-0.2, -0.15) is 0 Å². The molecule has 1 aromatic carbocycles. The standard InChI is InChI=1S/C11H14N2O2/c12-10(7-14)8-2-1-3-9(6-8)11-13-4-5-15-11/h1-3,6,10,14H,4-5,7,12H2. The molecule has 0 saturated heterocycles. The minimum Gasteiger partial charge on any atom is -0.476 e. The predicted octanol–water partition coefficient (Wildman–Crippen LogP) is 0.455. The number of benzene rings is 1. The SMILES string of the molecule is NC(CO)c1cccc(C2=NCCO2)c1. The van der Waals surface area contributed by atoms with E-state index in [-0.39, 0.29) is 12.6 Å². The van der Waals surface area contributed by atoms with Crippen LogP contribution in [0.15, 0.2) is 29.3 Å². The number of nitrogens with zero attached hydrogens (tertiary/aromatic N) is 1. The van der Waals surface area contributed by atoms with Crippen LogP contribution in [0.5, 0.6) is 0 Å². The zero-order chi connectivity index (χ0) is 10.7. The van der Waals surface area contributed by atoms with Crippen molar-refractivity contribution in [1.82, 2.24) is 0 Å². The van der Waals surface area contributed by atoms with Gasteiger partial charge in [0.25, 0.3) is 0 Å². The Morgan fingerprint density at radius 2 is 2.40 bits per heavy atom. The van der Waals surface area contributed by atoms with Gasteiger partial charge in [0.05, 0.1) is 19.2 Å². The molecule has 3 N–H and O–H groups in total. The smallest absolute Gasteiger partial charge is 0.216 e. The van der Waals surface area contributed by atoms with E-state index in [4.69, 9.17) is 15.6 Å². The number of rotatable bonds is 3. The molecular formula is C11H14N2O2. The van der Waals surface area contributed by atoms with Gasteiger partial charge in [-0.3, -0.25) is 0 Å². The first kappa shape index (κ1) is 10.1. The molecule has 1 heterocycles. The van der Waals surface area contributed by atoms with Crippen LogP contribution in [-0.2, 0) is 4.74 Å². The van der Waals surface area contributed by atoms with Gasteiger partial charge in [-0.1, -0.05) is 12.1 Å². The maximum atomic E-state index is 8.96. The van der Waals surface area contributed by atoms with Crippen LogP contribution in [0.3, 0.4) is 0 Å². The van der Waals surface area contributed by atoms with Gasteiger partial charge in [0.1, 0.15) is 6.61 Å². The van der Waals surface area contributed by atoms with Gasteiger partial charge in [0, 0.05) is 5.56 Å². The number of nitrogens with two attached hydrogens (primary N) is 1. The summed E-state index contributed by atoms with van der Waals surface area (Å²) in [7, 11) is 0. The van der Waals surface area contributed by atoms with Crippen LogP contribution >= 0.6 is 0 Å². The van der Waals surface area contributed by atoms with Crippen molar-refractivity contribution in [1.29, 1.82) is 0 Å². The van der Waals surface area contributed by atoms with Gasteiger partial charge in [0.2, 0.25) is 5.90 Å². The Kier molecular flexibility index (Phi) is 2.99. The molecule has 0 fully saturated rings. The molecule has 2 rings (SSSR count). The van der Waals surface area contributed by atoms with Gasteiger partial charge in [-0.15, -0.1) is 0 Å². The Morgan fingerprint density at radius 1 is 1.53 bits per heavy atom. The highest BCUT2D eigenvalue weighted by molar-refractivity contribution is 5.95. The van der Waals surface area contributed by atoms with Crippen LogP contribution in [0.2, 0.25) is 0 Å². The first-order valence-electron chi connectivity index (χ1n) is 4.95. The van der Waals surface area contributed by atoms with Crippen molar-refractivity contribution in [3.05, 3.63) is 35.4 Å². The fourth-order valence-corrected chi connectivity index (χ4v) is 1.52. The van der Waals surface area contributed by atoms with Crippen LogP contribution < -0.4 is 5.73 Å². The monoisotopic (exact) mass is 206 g/mol. The molecule has 15 heavy (non-hydrogen) atoms. The van der Waals surface area contributed by atoms with Crippen molar-refractivity contribution in [3.63, 3.8) is 0 Å². The van der Waals surface area contributed by atoms with E-state index in [2.05, 4.69) is 4.99 Å². The molecule has 1 atom stereocenters. The second-order valence-electron chi connectivity index (χ2n) is 3.45. The molecule has 4 heteroatoms. The molecular weight excluding hydrogens is 192 g/mol. The third-order valence-electron chi connectivity index (χ3n) is 2.34. The minimum absolute atomic E-state index is 0.0587. The Labute approximate surface area is 88.4 Å². The third-order valence-corrected chi connectivity index (χ3v) is 2.34. The first-order chi connectivity index (χ1) is 7.31. The molecule has 1 unspecified atom stereocenters. The van der Waals surface area contributed by atoms with Crippen molar-refractivity contribution in [2.75, 3.05) is 19.8 Å². The lowest BCUT2D eigenvalue weighted by molar-refractivity contribution is 0.268. The van der Waals surface area contributed by atoms with E-state index in [0.717, 1.165) is 11.1 Å². The highest BCUT2D eigenvalue weighted by Gasteiger charge is 2.12. The average molecular weight is 206 g/mol. The summed E-state index contributed by atoms with van der Waals surface area (Å²) in [5.74, 6) is 0.669. The predicted molar refractivity (Wildman–Crippen MR) is 57.8 cm³/mol. The summed E-state index contributed by atoms with van der Waals surface area (Å²) in [6.07, 6.45) is 0. The molecule has 0 radical (unpaired) electrons. The Bertz CT molecular complexity index is 377. The molecule has 0 amide bonds. The summed E-state index contributed by atoms with van der Waals surface area (Å²) in [4.78, 5) is 4.22. The molecule has 0 spiro atoms. The molecule has 4 nitrogen and oxygen atoms in total. The second kappa shape index (κ2) is 4.42. The van der Waals surface area contributed by atoms with E-state index < -0.39 is 0 Å². The summed E-state index contributed by atoms with van der Waals surface area (Å²) in [5.41, 5.74) is 7.55. The van der Waals surface area contributed by atoms with Crippen molar-refractivity contribution in [3.8, 4) is 0 Å². The van der Waals surface area contributed by atoms with Crippen molar-refractivity contribution >= 4 is 5.90 Å². The number of ether oxygens (including phenoxy) is 1. The van der Waals surface area contributed by atoms with Crippen LogP contribution in [0.4, 0.5) is 0 Å². The molecule has 80 valence electrons. The third kappa shape index (κ3) is 2.16. The Hall–Kier alpha value is -1.39. The molecule has 1 aliphatic rings. The quantitative estimate of drug-likeness (QED) is 0.754. The maximum absolute atomic E-state index is 8.96. The van der Waals surface area contributed by atoms with Crippen LogP contribution in [0, 0.1) is 0 Å². The molecule has 0 aromatic heterocycles. The zero-order valence-electron chi connectivity index (χ0n) is 8.39. The fourth-order valence-electron chi connectivity index (χ4n) is 1.52. The number of hydrogen-bond acceptors (Lipinski definition) is 4. The van der Waals surface area contributed by atoms with E-state index in [0.29, 0.717) is 19.0 Å². The molecule has 1 aliphatic heterocycles. The van der Waals surface area contributed by atoms with Gasteiger partial charge in [-0.25, -0.2) is 4.99 Å². The van der Waals surface area contributed by atoms with E-state index in [9.17, 15) is 0 Å². The number of aliphatic hydroxyl groups is 1. The topological polar surface area (TPSA) is 67.8 Å². The normalized spacial score (nSPS) is 17.1. The highest BCUT2D eigenvalue weighted by Crippen LogP contribution is 2.14. The number of aliphatic imine (C=N–C) groups is 1. The highest BCUT2D eigenvalue weighted by atomic mass is 16.5. The lowest BCUT2D eigenvalue weighted by atomic mass is 10.1. The van der Waals surface area contributed by atoms with E-state index in [1.165, 1.54) is 0 Å².